The summed E-state index contributed by atoms with van der Waals surface area (Å²) in [5.74, 6) is -0.772. The zero-order valence-electron chi connectivity index (χ0n) is 25.6. The maximum Gasteiger partial charge on any atom is 0.296 e. The second-order valence-corrected chi connectivity index (χ2v) is 15.7. The number of phenols is 1. The first-order valence-electron chi connectivity index (χ1n) is 13.8. The van der Waals surface area contributed by atoms with Crippen molar-refractivity contribution in [2.75, 3.05) is 31.5 Å². The molecule has 0 atom stereocenters. The molecule has 15 nitrogen and oxygen atoms in total. The van der Waals surface area contributed by atoms with Gasteiger partial charge in [-0.1, -0.05) is 26.0 Å². The quantitative estimate of drug-likeness (QED) is 0.0852. The van der Waals surface area contributed by atoms with Crippen LogP contribution in [-0.2, 0) is 29.8 Å². The summed E-state index contributed by atoms with van der Waals surface area (Å²) in [4.78, 5) is -0.833. The number of nitrogens with zero attached hydrogens (tertiary/aromatic N) is 4. The van der Waals surface area contributed by atoms with Crippen LogP contribution in [0.25, 0.3) is 10.8 Å². The summed E-state index contributed by atoms with van der Waals surface area (Å²) in [7, 11) is -9.59. The predicted octanol–water partition coefficient (Wildman–Crippen LogP) is 6.20. The lowest BCUT2D eigenvalue weighted by molar-refractivity contribution is 0.393. The lowest BCUT2D eigenvalue weighted by Crippen LogP contribution is -2.06. The number of sulfone groups is 2. The summed E-state index contributed by atoms with van der Waals surface area (Å²) >= 11 is 0. The summed E-state index contributed by atoms with van der Waals surface area (Å²) in [5, 5.41) is 27.2. The Hall–Kier alpha value is -4.65. The Kier molecular flexibility index (Phi) is 10.2. The van der Waals surface area contributed by atoms with E-state index in [1.54, 1.807) is 6.92 Å². The number of methoxy groups -OCH3 is 2. The molecule has 4 aromatic carbocycles. The minimum atomic E-state index is -4.91. The number of hydrogen-bond donors (Lipinski definition) is 3. The van der Waals surface area contributed by atoms with Crippen LogP contribution in [0.5, 0.6) is 17.2 Å². The van der Waals surface area contributed by atoms with Crippen LogP contribution in [0.15, 0.2) is 89.7 Å². The van der Waals surface area contributed by atoms with E-state index in [1.807, 2.05) is 0 Å². The molecule has 0 fully saturated rings. The van der Waals surface area contributed by atoms with E-state index in [-0.39, 0.29) is 60.6 Å². The van der Waals surface area contributed by atoms with Crippen molar-refractivity contribution in [3.05, 3.63) is 54.6 Å². The van der Waals surface area contributed by atoms with Crippen LogP contribution in [0.2, 0.25) is 0 Å². The highest BCUT2D eigenvalue weighted by molar-refractivity contribution is 7.91. The van der Waals surface area contributed by atoms with Gasteiger partial charge in [-0.2, -0.15) is 13.5 Å². The molecular weight excluding hydrogens is 675 g/mol. The van der Waals surface area contributed by atoms with E-state index in [1.165, 1.54) is 69.7 Å². The molecule has 0 radical (unpaired) electrons. The van der Waals surface area contributed by atoms with Crippen molar-refractivity contribution >= 4 is 69.0 Å². The Morgan fingerprint density at radius 2 is 1.45 bits per heavy atom. The Morgan fingerprint density at radius 3 is 2.06 bits per heavy atom. The third kappa shape index (κ3) is 7.35. The van der Waals surface area contributed by atoms with Gasteiger partial charge >= 0.3 is 0 Å². The largest absolute Gasteiger partial charge is 0.505 e. The van der Waals surface area contributed by atoms with Crippen molar-refractivity contribution in [1.82, 2.24) is 0 Å². The SMILES string of the molecule is CCCS(=O)(=O)c1cccc(N=Nc2c(S(=O)(=O)O)cc3ccc(N=Nc4cc(OC)c(S(=O)(=O)CC)cc4OC)c(O)c3c2N)c1. The molecule has 0 aliphatic heterocycles. The van der Waals surface area contributed by atoms with E-state index < -0.39 is 51.8 Å². The highest BCUT2D eigenvalue weighted by Crippen LogP contribution is 2.46. The normalized spacial score (nSPS) is 12.7. The maximum absolute atomic E-state index is 12.5. The molecule has 0 saturated carbocycles. The number of fused-ring (bicyclic) bond motifs is 1. The first kappa shape index (κ1) is 35.2. The number of benzene rings is 4. The zero-order chi connectivity index (χ0) is 34.7. The van der Waals surface area contributed by atoms with Crippen molar-refractivity contribution in [2.45, 2.75) is 35.0 Å². The maximum atomic E-state index is 12.5. The Bertz CT molecular complexity index is 2250. The smallest absolute Gasteiger partial charge is 0.296 e. The minimum Gasteiger partial charge on any atom is -0.505 e. The summed E-state index contributed by atoms with van der Waals surface area (Å²) in [5.41, 5.74) is 5.37. The second-order valence-electron chi connectivity index (χ2n) is 9.94. The molecule has 0 aliphatic carbocycles. The van der Waals surface area contributed by atoms with Crippen LogP contribution in [-0.4, -0.2) is 60.6 Å². The van der Waals surface area contributed by atoms with Gasteiger partial charge in [0, 0.05) is 12.1 Å². The predicted molar refractivity (Wildman–Crippen MR) is 174 cm³/mol. The molecular formula is C29H31N5O10S3. The average Bonchev–Trinajstić information content (AvgIpc) is 3.02. The molecule has 0 bridgehead atoms. The van der Waals surface area contributed by atoms with Crippen molar-refractivity contribution < 1.29 is 44.4 Å². The Balaban J connectivity index is 1.85. The second kappa shape index (κ2) is 13.6. The number of anilines is 1. The number of hydrogen-bond acceptors (Lipinski definition) is 14. The fourth-order valence-electron chi connectivity index (χ4n) is 4.51. The molecule has 0 heterocycles. The molecule has 0 spiro atoms. The molecule has 0 amide bonds. The Morgan fingerprint density at radius 1 is 0.766 bits per heavy atom. The molecule has 4 N–H and O–H groups in total. The highest BCUT2D eigenvalue weighted by atomic mass is 32.2. The molecule has 0 saturated heterocycles. The van der Waals surface area contributed by atoms with Crippen molar-refractivity contribution in [3.63, 3.8) is 0 Å². The van der Waals surface area contributed by atoms with Gasteiger partial charge in [0.2, 0.25) is 0 Å². The van der Waals surface area contributed by atoms with Gasteiger partial charge in [-0.15, -0.1) is 15.3 Å². The number of azo groups is 2. The van der Waals surface area contributed by atoms with Gasteiger partial charge < -0.3 is 20.3 Å². The summed E-state index contributed by atoms with van der Waals surface area (Å²) in [6, 6.07) is 11.8. The number of nitrogen functional groups attached to an aromatic ring is 1. The highest BCUT2D eigenvalue weighted by Gasteiger charge is 2.24. The molecule has 18 heteroatoms. The molecule has 250 valence electrons. The fraction of sp³-hybridized carbons (Fsp3) is 0.241. The van der Waals surface area contributed by atoms with Crippen molar-refractivity contribution in [2.24, 2.45) is 20.5 Å². The number of aromatic hydroxyl groups is 1. The van der Waals surface area contributed by atoms with Gasteiger partial charge in [0.1, 0.15) is 38.4 Å². The van der Waals surface area contributed by atoms with E-state index >= 15 is 0 Å². The number of rotatable bonds is 12. The molecule has 0 unspecified atom stereocenters. The monoisotopic (exact) mass is 705 g/mol. The lowest BCUT2D eigenvalue weighted by Gasteiger charge is -2.13. The van der Waals surface area contributed by atoms with Gasteiger partial charge in [0.05, 0.1) is 47.4 Å². The van der Waals surface area contributed by atoms with Gasteiger partial charge in [0.25, 0.3) is 10.1 Å². The van der Waals surface area contributed by atoms with Crippen molar-refractivity contribution in [1.29, 1.82) is 0 Å². The number of phenolic OH excluding ortho intramolecular Hbond substituents is 1. The van der Waals surface area contributed by atoms with Crippen molar-refractivity contribution in [3.8, 4) is 17.2 Å². The van der Waals surface area contributed by atoms with Crippen LogP contribution in [0.4, 0.5) is 28.4 Å². The topological polar surface area (TPSA) is 237 Å². The number of ether oxygens (including phenoxy) is 2. The van der Waals surface area contributed by atoms with Crippen LogP contribution in [0, 0.1) is 0 Å². The van der Waals surface area contributed by atoms with Crippen LogP contribution in [0.1, 0.15) is 20.3 Å². The minimum absolute atomic E-state index is 0.00479. The first-order chi connectivity index (χ1) is 22.1. The number of nitrogens with two attached hydrogens (primary N) is 1. The first-order valence-corrected chi connectivity index (χ1v) is 18.5. The Labute approximate surface area is 271 Å². The van der Waals surface area contributed by atoms with E-state index in [9.17, 15) is 34.9 Å². The molecule has 0 aliphatic rings. The van der Waals surface area contributed by atoms with Crippen LogP contribution in [0.3, 0.4) is 0 Å². The average molecular weight is 706 g/mol. The molecule has 47 heavy (non-hydrogen) atoms. The molecule has 4 aromatic rings. The van der Waals surface area contributed by atoms with Gasteiger partial charge in [-0.25, -0.2) is 16.8 Å². The zero-order valence-corrected chi connectivity index (χ0v) is 28.0. The third-order valence-corrected chi connectivity index (χ3v) is 11.4. The summed E-state index contributed by atoms with van der Waals surface area (Å²) < 4.78 is 95.2. The van der Waals surface area contributed by atoms with Crippen LogP contribution >= 0.6 is 0 Å². The van der Waals surface area contributed by atoms with Crippen LogP contribution < -0.4 is 15.2 Å². The van der Waals surface area contributed by atoms with Gasteiger partial charge in [-0.3, -0.25) is 4.55 Å². The fourth-order valence-corrected chi connectivity index (χ4v) is 7.59. The van der Waals surface area contributed by atoms with Gasteiger partial charge in [0.15, 0.2) is 25.4 Å². The molecule has 0 aromatic heterocycles. The third-order valence-electron chi connectivity index (χ3n) is 6.87. The molecule has 4 rings (SSSR count). The van der Waals surface area contributed by atoms with Gasteiger partial charge in [-0.05, 0) is 42.1 Å². The summed E-state index contributed by atoms with van der Waals surface area (Å²) in [6.07, 6.45) is 0.391. The van der Waals surface area contributed by atoms with E-state index in [0.29, 0.717) is 6.42 Å². The van der Waals surface area contributed by atoms with E-state index in [0.717, 1.165) is 6.07 Å². The van der Waals surface area contributed by atoms with E-state index in [4.69, 9.17) is 15.2 Å². The standard InChI is InChI=1S/C29H31N5O10S3/c1-5-12-46(38,39)19-9-7-8-18(14-19)31-34-28-25(47(40,41)42)13-17-10-11-20(29(35)26(17)27(28)30)32-33-21-15-23(44-4)24(16-22(21)43-3)45(36,37)6-2/h7-11,13-16,35H,5-6,12,30H2,1-4H3,(H,40,41,42). The van der Waals surface area contributed by atoms with E-state index in [2.05, 4.69) is 20.5 Å². The lowest BCUT2D eigenvalue weighted by atomic mass is 10.1. The summed E-state index contributed by atoms with van der Waals surface area (Å²) in [6.45, 7) is 3.20.